The molecule has 0 aliphatic carbocycles. The highest BCUT2D eigenvalue weighted by molar-refractivity contribution is 6.35. The van der Waals surface area contributed by atoms with E-state index in [0.717, 1.165) is 0 Å². The first kappa shape index (κ1) is 14.7. The number of ether oxygens (including phenoxy) is 2. The first-order chi connectivity index (χ1) is 9.52. The smallest absolute Gasteiger partial charge is 0.434 e. The van der Waals surface area contributed by atoms with Crippen LogP contribution in [0.2, 0.25) is 10.0 Å². The van der Waals surface area contributed by atoms with Crippen LogP contribution < -0.4 is 4.74 Å². The third-order valence-electron chi connectivity index (χ3n) is 2.56. The van der Waals surface area contributed by atoms with Gasteiger partial charge in [-0.15, -0.1) is 0 Å². The van der Waals surface area contributed by atoms with Gasteiger partial charge in [-0.05, 0) is 32.0 Å². The number of nitrogens with zero attached hydrogens (tertiary/aromatic N) is 2. The molecule has 0 amide bonds. The van der Waals surface area contributed by atoms with Crippen molar-refractivity contribution >= 4 is 29.4 Å². The van der Waals surface area contributed by atoms with Crippen LogP contribution in [-0.4, -0.2) is 22.5 Å². The zero-order valence-corrected chi connectivity index (χ0v) is 12.4. The molecule has 0 unspecified atom stereocenters. The maximum atomic E-state index is 11.3. The van der Waals surface area contributed by atoms with E-state index in [1.165, 1.54) is 6.20 Å². The maximum absolute atomic E-state index is 11.3. The zero-order chi connectivity index (χ0) is 14.7. The Kier molecular flexibility index (Phi) is 4.52. The molecule has 0 bridgehead atoms. The van der Waals surface area contributed by atoms with Crippen molar-refractivity contribution < 1.29 is 14.3 Å². The van der Waals surface area contributed by atoms with Crippen molar-refractivity contribution in [1.29, 1.82) is 0 Å². The average Bonchev–Trinajstić information content (AvgIpc) is 2.72. The van der Waals surface area contributed by atoms with Crippen LogP contribution in [0.15, 0.2) is 24.4 Å². The van der Waals surface area contributed by atoms with E-state index >= 15 is 0 Å². The molecule has 0 aliphatic rings. The number of hydrogen-bond acceptors (Lipinski definition) is 4. The van der Waals surface area contributed by atoms with E-state index in [9.17, 15) is 4.79 Å². The summed E-state index contributed by atoms with van der Waals surface area (Å²) in [6, 6.07) is 5.06. The van der Waals surface area contributed by atoms with Crippen LogP contribution >= 0.6 is 23.2 Å². The first-order valence-corrected chi connectivity index (χ1v) is 6.63. The predicted octanol–water partition coefficient (Wildman–Crippen LogP) is 4.02. The molecule has 20 heavy (non-hydrogen) atoms. The van der Waals surface area contributed by atoms with Gasteiger partial charge in [-0.25, -0.2) is 9.48 Å². The van der Waals surface area contributed by atoms with Gasteiger partial charge in [-0.3, -0.25) is 0 Å². The Bertz CT molecular complexity index is 641. The number of benzene rings is 1. The summed E-state index contributed by atoms with van der Waals surface area (Å²) in [4.78, 5) is 11.3. The topological polar surface area (TPSA) is 53.4 Å². The summed E-state index contributed by atoms with van der Waals surface area (Å²) in [5, 5.41) is 5.13. The molecule has 0 saturated heterocycles. The van der Waals surface area contributed by atoms with E-state index in [2.05, 4.69) is 5.10 Å². The van der Waals surface area contributed by atoms with E-state index in [0.29, 0.717) is 27.2 Å². The standard InChI is InChI=1S/C13H12Cl2N2O3/c1-3-19-13(18)20-12-7-16-17(8(12)2)11-5-4-9(14)6-10(11)15/h4-7H,3H2,1-2H3. The summed E-state index contributed by atoms with van der Waals surface area (Å²) < 4.78 is 11.3. The Labute approximate surface area is 126 Å². The van der Waals surface area contributed by atoms with E-state index in [1.54, 1.807) is 36.7 Å². The van der Waals surface area contributed by atoms with Gasteiger partial charge < -0.3 is 9.47 Å². The summed E-state index contributed by atoms with van der Waals surface area (Å²) in [7, 11) is 0. The second-order valence-electron chi connectivity index (χ2n) is 3.89. The second kappa shape index (κ2) is 6.15. The molecule has 1 aromatic heterocycles. The molecule has 0 saturated carbocycles. The van der Waals surface area contributed by atoms with Crippen LogP contribution in [0, 0.1) is 6.92 Å². The van der Waals surface area contributed by atoms with Crippen LogP contribution in [0.1, 0.15) is 12.6 Å². The Morgan fingerprint density at radius 2 is 2.15 bits per heavy atom. The molecule has 0 N–H and O–H groups in total. The summed E-state index contributed by atoms with van der Waals surface area (Å²) in [6.45, 7) is 3.70. The highest BCUT2D eigenvalue weighted by Gasteiger charge is 2.15. The van der Waals surface area contributed by atoms with Gasteiger partial charge in [0.05, 0.1) is 29.2 Å². The lowest BCUT2D eigenvalue weighted by atomic mass is 10.3. The summed E-state index contributed by atoms with van der Waals surface area (Å²) in [5.41, 5.74) is 1.27. The molecule has 2 rings (SSSR count). The van der Waals surface area contributed by atoms with Crippen molar-refractivity contribution in [2.24, 2.45) is 0 Å². The van der Waals surface area contributed by atoms with Crippen molar-refractivity contribution in [2.75, 3.05) is 6.61 Å². The van der Waals surface area contributed by atoms with Gasteiger partial charge in [0.15, 0.2) is 5.75 Å². The Balaban J connectivity index is 2.31. The molecule has 5 nitrogen and oxygen atoms in total. The van der Waals surface area contributed by atoms with Crippen molar-refractivity contribution in [3.05, 3.63) is 40.1 Å². The van der Waals surface area contributed by atoms with E-state index in [4.69, 9.17) is 32.7 Å². The molecule has 1 heterocycles. The Hall–Kier alpha value is -1.72. The van der Waals surface area contributed by atoms with Gasteiger partial charge in [-0.1, -0.05) is 23.2 Å². The normalized spacial score (nSPS) is 10.4. The van der Waals surface area contributed by atoms with Crippen molar-refractivity contribution in [3.8, 4) is 11.4 Å². The SMILES string of the molecule is CCOC(=O)Oc1cnn(-c2ccc(Cl)cc2Cl)c1C. The summed E-state index contributed by atoms with van der Waals surface area (Å²) in [5.74, 6) is 0.314. The van der Waals surface area contributed by atoms with Crippen LogP contribution in [0.25, 0.3) is 5.69 Å². The van der Waals surface area contributed by atoms with Crippen molar-refractivity contribution in [3.63, 3.8) is 0 Å². The van der Waals surface area contributed by atoms with E-state index in [-0.39, 0.29) is 6.61 Å². The number of carbonyl (C=O) groups excluding carboxylic acids is 1. The maximum Gasteiger partial charge on any atom is 0.513 e. The monoisotopic (exact) mass is 314 g/mol. The molecule has 0 fully saturated rings. The molecule has 0 aliphatic heterocycles. The minimum atomic E-state index is -0.766. The summed E-state index contributed by atoms with van der Waals surface area (Å²) in [6.07, 6.45) is 0.661. The quantitative estimate of drug-likeness (QED) is 0.803. The fourth-order valence-electron chi connectivity index (χ4n) is 1.63. The lowest BCUT2D eigenvalue weighted by molar-refractivity contribution is 0.104. The van der Waals surface area contributed by atoms with Crippen LogP contribution in [0.5, 0.6) is 5.75 Å². The average molecular weight is 315 g/mol. The Morgan fingerprint density at radius 1 is 1.40 bits per heavy atom. The van der Waals surface area contributed by atoms with Crippen LogP contribution in [0.3, 0.4) is 0 Å². The van der Waals surface area contributed by atoms with Gasteiger partial charge in [0.2, 0.25) is 0 Å². The number of halogens is 2. The molecule has 0 spiro atoms. The van der Waals surface area contributed by atoms with Crippen molar-refractivity contribution in [1.82, 2.24) is 9.78 Å². The molecule has 2 aromatic rings. The summed E-state index contributed by atoms with van der Waals surface area (Å²) >= 11 is 12.0. The van der Waals surface area contributed by atoms with Gasteiger partial charge in [0, 0.05) is 5.02 Å². The molecule has 1 aromatic carbocycles. The largest absolute Gasteiger partial charge is 0.513 e. The van der Waals surface area contributed by atoms with E-state index < -0.39 is 6.16 Å². The van der Waals surface area contributed by atoms with E-state index in [1.807, 2.05) is 0 Å². The third-order valence-corrected chi connectivity index (χ3v) is 3.10. The van der Waals surface area contributed by atoms with Crippen LogP contribution in [0.4, 0.5) is 4.79 Å². The zero-order valence-electron chi connectivity index (χ0n) is 10.9. The minimum Gasteiger partial charge on any atom is -0.434 e. The molecular weight excluding hydrogens is 303 g/mol. The van der Waals surface area contributed by atoms with Gasteiger partial charge >= 0.3 is 6.16 Å². The fourth-order valence-corrected chi connectivity index (χ4v) is 2.12. The van der Waals surface area contributed by atoms with Crippen LogP contribution in [-0.2, 0) is 4.74 Å². The minimum absolute atomic E-state index is 0.245. The molecular formula is C13H12Cl2N2O3. The second-order valence-corrected chi connectivity index (χ2v) is 4.73. The number of hydrogen-bond donors (Lipinski definition) is 0. The molecule has 0 atom stereocenters. The number of rotatable bonds is 3. The fraction of sp³-hybridized carbons (Fsp3) is 0.231. The molecule has 7 heteroatoms. The van der Waals surface area contributed by atoms with Gasteiger partial charge in [0.1, 0.15) is 0 Å². The predicted molar refractivity (Wildman–Crippen MR) is 76.0 cm³/mol. The Morgan fingerprint density at radius 3 is 2.80 bits per heavy atom. The van der Waals surface area contributed by atoms with Gasteiger partial charge in [0.25, 0.3) is 0 Å². The number of aromatic nitrogens is 2. The number of carbonyl (C=O) groups is 1. The van der Waals surface area contributed by atoms with Gasteiger partial charge in [-0.2, -0.15) is 5.10 Å². The first-order valence-electron chi connectivity index (χ1n) is 5.87. The third kappa shape index (κ3) is 3.05. The molecule has 106 valence electrons. The highest BCUT2D eigenvalue weighted by Crippen LogP contribution is 2.27. The lowest BCUT2D eigenvalue weighted by Gasteiger charge is -2.08. The molecule has 0 radical (unpaired) electrons. The lowest BCUT2D eigenvalue weighted by Crippen LogP contribution is -2.10. The highest BCUT2D eigenvalue weighted by atomic mass is 35.5. The van der Waals surface area contributed by atoms with Crippen molar-refractivity contribution in [2.45, 2.75) is 13.8 Å².